The molecule has 1 aromatic heterocycles. The van der Waals surface area contributed by atoms with Gasteiger partial charge in [-0.2, -0.15) is 0 Å². The number of furan rings is 1. The fraction of sp³-hybridized carbons (Fsp3) is 0.444. The van der Waals surface area contributed by atoms with Gasteiger partial charge in [0.15, 0.2) is 10.4 Å². The first-order chi connectivity index (χ1) is 7.79. The lowest BCUT2D eigenvalue weighted by Crippen LogP contribution is -2.26. The lowest BCUT2D eigenvalue weighted by atomic mass is 10.4. The molecule has 0 radical (unpaired) electrons. The predicted molar refractivity (Wildman–Crippen MR) is 62.8 cm³/mol. The van der Waals surface area contributed by atoms with Crippen LogP contribution < -0.4 is 10.5 Å². The average Bonchev–Trinajstić information content (AvgIpc) is 2.73. The molecule has 17 heavy (non-hydrogen) atoms. The SMILES string of the molecule is CC1CC1NC(=O)c1cc(S(N)(=O)=O)c(Br)o1. The molecule has 94 valence electrons. The van der Waals surface area contributed by atoms with Crippen LogP contribution in [-0.4, -0.2) is 20.4 Å². The van der Waals surface area contributed by atoms with E-state index in [1.807, 2.05) is 6.92 Å². The molecule has 1 fully saturated rings. The van der Waals surface area contributed by atoms with Crippen molar-refractivity contribution in [1.29, 1.82) is 0 Å². The summed E-state index contributed by atoms with van der Waals surface area (Å²) in [7, 11) is -3.89. The number of amides is 1. The van der Waals surface area contributed by atoms with Crippen molar-refractivity contribution in [3.63, 3.8) is 0 Å². The summed E-state index contributed by atoms with van der Waals surface area (Å²) in [6.07, 6.45) is 0.926. The third kappa shape index (κ3) is 2.70. The Bertz CT molecular complexity index is 566. The lowest BCUT2D eigenvalue weighted by molar-refractivity contribution is 0.0920. The van der Waals surface area contributed by atoms with Gasteiger partial charge in [0.2, 0.25) is 10.0 Å². The Labute approximate surface area is 107 Å². The minimum atomic E-state index is -3.89. The topological polar surface area (TPSA) is 102 Å². The van der Waals surface area contributed by atoms with Crippen molar-refractivity contribution in [3.8, 4) is 0 Å². The van der Waals surface area contributed by atoms with E-state index in [4.69, 9.17) is 9.56 Å². The van der Waals surface area contributed by atoms with E-state index in [0.717, 1.165) is 12.5 Å². The highest BCUT2D eigenvalue weighted by atomic mass is 79.9. The van der Waals surface area contributed by atoms with E-state index in [1.54, 1.807) is 0 Å². The number of carbonyl (C=O) groups is 1. The van der Waals surface area contributed by atoms with E-state index in [1.165, 1.54) is 0 Å². The Kier molecular flexibility index (Phi) is 3.04. The van der Waals surface area contributed by atoms with Gasteiger partial charge in [0.05, 0.1) is 0 Å². The van der Waals surface area contributed by atoms with Crippen LogP contribution in [0.1, 0.15) is 23.9 Å². The summed E-state index contributed by atoms with van der Waals surface area (Å²) in [6.45, 7) is 2.01. The van der Waals surface area contributed by atoms with Crippen molar-refractivity contribution in [2.24, 2.45) is 11.1 Å². The second-order valence-corrected chi connectivity index (χ2v) is 6.34. The molecule has 0 aliphatic heterocycles. The summed E-state index contributed by atoms with van der Waals surface area (Å²) in [6, 6.07) is 1.26. The van der Waals surface area contributed by atoms with Gasteiger partial charge in [0, 0.05) is 12.1 Å². The molecule has 1 aromatic rings. The van der Waals surface area contributed by atoms with Crippen molar-refractivity contribution >= 4 is 31.9 Å². The number of sulfonamides is 1. The Morgan fingerprint density at radius 3 is 2.65 bits per heavy atom. The molecule has 1 saturated carbocycles. The molecule has 3 N–H and O–H groups in total. The maximum Gasteiger partial charge on any atom is 0.287 e. The molecular weight excluding hydrogens is 312 g/mol. The number of hydrogen-bond donors (Lipinski definition) is 2. The lowest BCUT2D eigenvalue weighted by Gasteiger charge is -1.99. The smallest absolute Gasteiger partial charge is 0.287 e. The van der Waals surface area contributed by atoms with Crippen LogP contribution in [0.4, 0.5) is 0 Å². The molecule has 6 nitrogen and oxygen atoms in total. The molecule has 2 unspecified atom stereocenters. The quantitative estimate of drug-likeness (QED) is 0.860. The third-order valence-corrected chi connectivity index (χ3v) is 4.38. The highest BCUT2D eigenvalue weighted by molar-refractivity contribution is 9.10. The zero-order chi connectivity index (χ0) is 12.8. The first-order valence-electron chi connectivity index (χ1n) is 4.92. The largest absolute Gasteiger partial charge is 0.443 e. The number of primary sulfonamides is 1. The molecule has 0 aromatic carbocycles. The predicted octanol–water partition coefficient (Wildman–Crippen LogP) is 0.828. The summed E-state index contributed by atoms with van der Waals surface area (Å²) in [5.74, 6) is -0.0509. The van der Waals surface area contributed by atoms with E-state index in [0.29, 0.717) is 5.92 Å². The first-order valence-corrected chi connectivity index (χ1v) is 7.26. The van der Waals surface area contributed by atoms with Gasteiger partial charge in [-0.1, -0.05) is 6.92 Å². The van der Waals surface area contributed by atoms with E-state index >= 15 is 0 Å². The second kappa shape index (κ2) is 4.11. The van der Waals surface area contributed by atoms with Crippen LogP contribution >= 0.6 is 15.9 Å². The zero-order valence-corrected chi connectivity index (χ0v) is 11.3. The fourth-order valence-corrected chi connectivity index (χ4v) is 2.92. The average molecular weight is 323 g/mol. The van der Waals surface area contributed by atoms with Crippen molar-refractivity contribution in [1.82, 2.24) is 5.32 Å². The molecule has 0 bridgehead atoms. The van der Waals surface area contributed by atoms with Crippen LogP contribution in [0.3, 0.4) is 0 Å². The van der Waals surface area contributed by atoms with Gasteiger partial charge in [-0.25, -0.2) is 13.6 Å². The first kappa shape index (κ1) is 12.6. The van der Waals surface area contributed by atoms with Gasteiger partial charge in [-0.3, -0.25) is 4.79 Å². The summed E-state index contributed by atoms with van der Waals surface area (Å²) in [4.78, 5) is 11.4. The van der Waals surface area contributed by atoms with Crippen LogP contribution in [0.15, 0.2) is 20.0 Å². The molecule has 0 saturated heterocycles. The molecule has 2 atom stereocenters. The molecule has 8 heteroatoms. The Hall–Kier alpha value is -0.860. The molecule has 1 heterocycles. The van der Waals surface area contributed by atoms with Gasteiger partial charge < -0.3 is 9.73 Å². The zero-order valence-electron chi connectivity index (χ0n) is 8.94. The van der Waals surface area contributed by atoms with Crippen LogP contribution in [0, 0.1) is 5.92 Å². The number of hydrogen-bond acceptors (Lipinski definition) is 4. The Morgan fingerprint density at radius 2 is 2.24 bits per heavy atom. The van der Waals surface area contributed by atoms with Crippen LogP contribution in [0.5, 0.6) is 0 Å². The maximum atomic E-state index is 11.7. The van der Waals surface area contributed by atoms with E-state index < -0.39 is 15.9 Å². The number of nitrogens with two attached hydrogens (primary N) is 1. The highest BCUT2D eigenvalue weighted by Gasteiger charge is 2.35. The summed E-state index contributed by atoms with van der Waals surface area (Å²) in [5, 5.41) is 7.68. The van der Waals surface area contributed by atoms with Gasteiger partial charge >= 0.3 is 0 Å². The number of carbonyl (C=O) groups excluding carboxylic acids is 1. The van der Waals surface area contributed by atoms with Crippen molar-refractivity contribution in [2.75, 3.05) is 0 Å². The molecule has 2 rings (SSSR count). The number of nitrogens with one attached hydrogen (secondary N) is 1. The fourth-order valence-electron chi connectivity index (χ4n) is 1.42. The van der Waals surface area contributed by atoms with Crippen molar-refractivity contribution < 1.29 is 17.6 Å². The number of halogens is 1. The van der Waals surface area contributed by atoms with Gasteiger partial charge in [-0.15, -0.1) is 0 Å². The number of rotatable bonds is 3. The Morgan fingerprint density at radius 1 is 1.65 bits per heavy atom. The monoisotopic (exact) mass is 322 g/mol. The molecule has 1 aliphatic carbocycles. The third-order valence-electron chi connectivity index (χ3n) is 2.61. The standard InChI is InChI=1S/C9H11BrN2O4S/c1-4-2-5(4)12-9(13)6-3-7(8(10)16-6)17(11,14)15/h3-5H,2H2,1H3,(H,12,13)(H2,11,14,15). The van der Waals surface area contributed by atoms with Gasteiger partial charge in [-0.05, 0) is 28.3 Å². The van der Waals surface area contributed by atoms with Crippen LogP contribution in [0.25, 0.3) is 0 Å². The van der Waals surface area contributed by atoms with Gasteiger partial charge in [0.25, 0.3) is 5.91 Å². The maximum absolute atomic E-state index is 11.7. The van der Waals surface area contributed by atoms with E-state index in [2.05, 4.69) is 21.2 Å². The summed E-state index contributed by atoms with van der Waals surface area (Å²) in [5.41, 5.74) is 0. The Balaban J connectivity index is 2.20. The van der Waals surface area contributed by atoms with Gasteiger partial charge in [0.1, 0.15) is 4.90 Å². The highest BCUT2D eigenvalue weighted by Crippen LogP contribution is 2.30. The molecular formula is C9H11BrN2O4S. The van der Waals surface area contributed by atoms with E-state index in [9.17, 15) is 13.2 Å². The molecule has 1 amide bonds. The van der Waals surface area contributed by atoms with Crippen molar-refractivity contribution in [2.45, 2.75) is 24.3 Å². The molecule has 0 spiro atoms. The van der Waals surface area contributed by atoms with Crippen LogP contribution in [0.2, 0.25) is 0 Å². The normalized spacial score (nSPS) is 23.5. The minimum Gasteiger partial charge on any atom is -0.443 e. The minimum absolute atomic E-state index is 0.0611. The second-order valence-electron chi connectivity index (χ2n) is 4.09. The molecule has 1 aliphatic rings. The summed E-state index contributed by atoms with van der Waals surface area (Å²) >= 11 is 2.91. The van der Waals surface area contributed by atoms with E-state index in [-0.39, 0.29) is 21.4 Å². The van der Waals surface area contributed by atoms with Crippen molar-refractivity contribution in [3.05, 3.63) is 16.5 Å². The summed E-state index contributed by atoms with van der Waals surface area (Å²) < 4.78 is 27.2. The van der Waals surface area contributed by atoms with Crippen LogP contribution in [-0.2, 0) is 10.0 Å².